The maximum absolute atomic E-state index is 12.9. The van der Waals surface area contributed by atoms with Crippen molar-refractivity contribution in [3.05, 3.63) is 101 Å². The van der Waals surface area contributed by atoms with Gasteiger partial charge in [-0.2, -0.15) is 0 Å². The van der Waals surface area contributed by atoms with Crippen molar-refractivity contribution in [3.8, 4) is 11.5 Å². The van der Waals surface area contributed by atoms with Gasteiger partial charge in [-0.3, -0.25) is 40.9 Å². The normalized spacial score (nSPS) is 10.6. The summed E-state index contributed by atoms with van der Waals surface area (Å²) in [5.74, 6) is -0.791. The van der Waals surface area contributed by atoms with Crippen LogP contribution in [0.15, 0.2) is 73.3 Å². The minimum atomic E-state index is -0.589. The minimum absolute atomic E-state index is 0.195. The average Bonchev–Trinajstić information content (AvgIpc) is 3.20. The molecule has 0 spiro atoms. The van der Waals surface area contributed by atoms with E-state index in [1.165, 1.54) is 101 Å². The highest BCUT2D eigenvalue weighted by Gasteiger charge is 2.16. The lowest BCUT2D eigenvalue weighted by Crippen LogP contribution is -2.42. The van der Waals surface area contributed by atoms with E-state index in [0.29, 0.717) is 41.4 Å². The third-order valence-corrected chi connectivity index (χ3v) is 9.12. The van der Waals surface area contributed by atoms with Gasteiger partial charge < -0.3 is 9.47 Å². The summed E-state index contributed by atoms with van der Waals surface area (Å²) in [6.07, 6.45) is 21.0. The maximum Gasteiger partial charge on any atom is 0.270 e. The topological polar surface area (TPSA) is 135 Å². The predicted molar refractivity (Wildman–Crippen MR) is 215 cm³/mol. The third kappa shape index (κ3) is 16.3. The van der Waals surface area contributed by atoms with Gasteiger partial charge in [0.05, 0.1) is 13.2 Å². The fourth-order valence-corrected chi connectivity index (χ4v) is 5.85. The van der Waals surface area contributed by atoms with E-state index < -0.39 is 23.6 Å². The van der Waals surface area contributed by atoms with E-state index >= 15 is 0 Å². The van der Waals surface area contributed by atoms with Gasteiger partial charge in [0, 0.05) is 22.3 Å². The van der Waals surface area contributed by atoms with Crippen LogP contribution in [0.4, 0.5) is 0 Å². The first-order valence-corrected chi connectivity index (χ1v) is 19.8. The zero-order valence-electron chi connectivity index (χ0n) is 32.3. The van der Waals surface area contributed by atoms with Crippen molar-refractivity contribution in [2.24, 2.45) is 0 Å². The first-order valence-electron chi connectivity index (χ1n) is 19.8. The summed E-state index contributed by atoms with van der Waals surface area (Å²) < 4.78 is 11.6. The van der Waals surface area contributed by atoms with Crippen LogP contribution in [0.3, 0.4) is 0 Å². The van der Waals surface area contributed by atoms with Crippen LogP contribution < -0.4 is 31.2 Å². The molecule has 0 aliphatic carbocycles. The molecule has 54 heavy (non-hydrogen) atoms. The molecule has 3 rings (SSSR count). The summed E-state index contributed by atoms with van der Waals surface area (Å²) >= 11 is 0. The Morgan fingerprint density at radius 2 is 0.833 bits per heavy atom. The van der Waals surface area contributed by atoms with E-state index in [9.17, 15) is 19.2 Å². The molecule has 3 aromatic rings. The van der Waals surface area contributed by atoms with Crippen LogP contribution in [0.2, 0.25) is 0 Å². The number of carbonyl (C=O) groups excluding carboxylic acids is 4. The van der Waals surface area contributed by atoms with Gasteiger partial charge in [-0.1, -0.05) is 116 Å². The number of ether oxygens (including phenoxy) is 2. The van der Waals surface area contributed by atoms with Crippen LogP contribution in [-0.4, -0.2) is 36.8 Å². The van der Waals surface area contributed by atoms with Crippen LogP contribution in [-0.2, 0) is 0 Å². The molecule has 4 N–H and O–H groups in total. The Balaban J connectivity index is 1.37. The lowest BCUT2D eigenvalue weighted by Gasteiger charge is -2.12. The summed E-state index contributed by atoms with van der Waals surface area (Å²) in [6.45, 7) is 9.45. The number of carbonyl (C=O) groups is 4. The van der Waals surface area contributed by atoms with Gasteiger partial charge in [0.15, 0.2) is 0 Å². The van der Waals surface area contributed by atoms with E-state index in [1.807, 2.05) is 0 Å². The number of hydrazine groups is 2. The van der Waals surface area contributed by atoms with Crippen LogP contribution in [0.5, 0.6) is 11.5 Å². The Morgan fingerprint density at radius 3 is 1.24 bits per heavy atom. The first kappa shape index (κ1) is 43.3. The van der Waals surface area contributed by atoms with Crippen molar-refractivity contribution in [2.45, 2.75) is 117 Å². The molecule has 10 nitrogen and oxygen atoms in total. The summed E-state index contributed by atoms with van der Waals surface area (Å²) in [4.78, 5) is 51.1. The summed E-state index contributed by atoms with van der Waals surface area (Å²) in [5.41, 5.74) is 11.1. The van der Waals surface area contributed by atoms with Crippen molar-refractivity contribution >= 4 is 29.7 Å². The van der Waals surface area contributed by atoms with Gasteiger partial charge in [-0.25, -0.2) is 0 Å². The molecule has 10 heteroatoms. The molecule has 0 aliphatic rings. The molecular formula is C44H60N4O6. The lowest BCUT2D eigenvalue weighted by atomic mass is 10.0. The molecule has 0 bridgehead atoms. The fraction of sp³-hybridized carbons (Fsp3) is 0.455. The second kappa shape index (κ2) is 25.8. The van der Waals surface area contributed by atoms with Gasteiger partial charge in [-0.05, 0) is 85.1 Å². The molecule has 0 heterocycles. The third-order valence-electron chi connectivity index (χ3n) is 9.12. The van der Waals surface area contributed by atoms with Gasteiger partial charge in [0.25, 0.3) is 23.6 Å². The number of hydrogen-bond donors (Lipinski definition) is 4. The summed E-state index contributed by atoms with van der Waals surface area (Å²) in [5, 5.41) is 0. The summed E-state index contributed by atoms with van der Waals surface area (Å²) in [7, 11) is 0. The number of rotatable bonds is 25. The minimum Gasteiger partial charge on any atom is -0.494 e. The monoisotopic (exact) mass is 740 g/mol. The Hall–Kier alpha value is -5.12. The van der Waals surface area contributed by atoms with E-state index in [4.69, 9.17) is 9.47 Å². The molecule has 292 valence electrons. The van der Waals surface area contributed by atoms with Crippen LogP contribution in [0, 0.1) is 0 Å². The van der Waals surface area contributed by atoms with Crippen molar-refractivity contribution in [1.29, 1.82) is 0 Å². The van der Waals surface area contributed by atoms with Crippen molar-refractivity contribution in [2.75, 3.05) is 13.2 Å². The molecule has 0 aromatic heterocycles. The number of benzene rings is 3. The largest absolute Gasteiger partial charge is 0.494 e. The van der Waals surface area contributed by atoms with Crippen LogP contribution >= 0.6 is 0 Å². The number of hydrogen-bond acceptors (Lipinski definition) is 6. The van der Waals surface area contributed by atoms with Crippen molar-refractivity contribution < 1.29 is 28.7 Å². The first-order chi connectivity index (χ1) is 26.4. The predicted octanol–water partition coefficient (Wildman–Crippen LogP) is 9.52. The zero-order valence-corrected chi connectivity index (χ0v) is 32.3. The Labute approximate surface area is 321 Å². The smallest absolute Gasteiger partial charge is 0.270 e. The molecule has 0 fully saturated rings. The van der Waals surface area contributed by atoms with Gasteiger partial charge in [0.1, 0.15) is 11.5 Å². The van der Waals surface area contributed by atoms with Crippen LogP contribution in [0.25, 0.3) is 6.08 Å². The SMILES string of the molecule is C=Cc1cc(C(=O)NNC(=O)c2ccc(OCCCCCCCCCC)cc2)ccc1C(=O)NNC(=O)c1ccc(OCCCCCCCCCC)cc1. The quantitative estimate of drug-likeness (QED) is 0.0505. The molecule has 0 saturated carbocycles. The van der Waals surface area contributed by atoms with E-state index in [1.54, 1.807) is 48.5 Å². The molecule has 4 amide bonds. The summed E-state index contributed by atoms with van der Waals surface area (Å²) in [6, 6.07) is 17.8. The lowest BCUT2D eigenvalue weighted by molar-refractivity contribution is 0.0844. The molecular weight excluding hydrogens is 681 g/mol. The highest BCUT2D eigenvalue weighted by atomic mass is 16.5. The van der Waals surface area contributed by atoms with Gasteiger partial charge in [-0.15, -0.1) is 0 Å². The number of unbranched alkanes of at least 4 members (excludes halogenated alkanes) is 14. The molecule has 3 aromatic carbocycles. The van der Waals surface area contributed by atoms with Crippen molar-refractivity contribution in [3.63, 3.8) is 0 Å². The second-order valence-corrected chi connectivity index (χ2v) is 13.5. The second-order valence-electron chi connectivity index (χ2n) is 13.5. The maximum atomic E-state index is 12.9. The molecule has 0 radical (unpaired) electrons. The molecule has 0 atom stereocenters. The van der Waals surface area contributed by atoms with Crippen LogP contribution in [0.1, 0.15) is 164 Å². The van der Waals surface area contributed by atoms with Crippen molar-refractivity contribution in [1.82, 2.24) is 21.7 Å². The molecule has 0 aliphatic heterocycles. The van der Waals surface area contributed by atoms with Gasteiger partial charge >= 0.3 is 0 Å². The zero-order chi connectivity index (χ0) is 38.8. The Morgan fingerprint density at radius 1 is 0.481 bits per heavy atom. The van der Waals surface area contributed by atoms with Gasteiger partial charge in [0.2, 0.25) is 0 Å². The Bertz CT molecular complexity index is 1590. The molecule has 0 saturated heterocycles. The van der Waals surface area contributed by atoms with E-state index in [0.717, 1.165) is 25.7 Å². The van der Waals surface area contributed by atoms with E-state index in [-0.39, 0.29) is 11.1 Å². The molecule has 0 unspecified atom stereocenters. The Kier molecular flexibility index (Phi) is 20.7. The average molecular weight is 741 g/mol. The number of amides is 4. The standard InChI is InChI=1S/C44H60N4O6/c1-4-7-9-11-13-15-17-19-31-53-38-26-21-35(22-27-38)41(49)45-47-43(51)37-25-30-40(34(6-3)33-37)44(52)48-46-42(50)36-23-28-39(29-24-36)54-32-20-18-16-14-12-10-8-5-2/h6,21-30,33H,3-5,7-20,31-32H2,1-2H3,(H,45,49)(H,46,50)(H,47,51)(H,48,52). The highest BCUT2D eigenvalue weighted by Crippen LogP contribution is 2.17. The van der Waals surface area contributed by atoms with E-state index in [2.05, 4.69) is 42.1 Å². The number of nitrogens with one attached hydrogen (secondary N) is 4. The fourth-order valence-electron chi connectivity index (χ4n) is 5.85. The highest BCUT2D eigenvalue weighted by molar-refractivity contribution is 6.03.